The van der Waals surface area contributed by atoms with E-state index in [2.05, 4.69) is 146 Å². The Morgan fingerprint density at radius 1 is 0.197 bits per heavy atom. The molecule has 12 aromatic heterocycles. The molecule has 690 valence electrons. The average molecular weight is 2510 g/mol. The molecule has 0 bridgehead atoms. The maximum atomic E-state index is 7.49. The zero-order valence-corrected chi connectivity index (χ0v) is 84.9. The van der Waals surface area contributed by atoms with Crippen LogP contribution in [0.25, 0.3) is 135 Å². The molecule has 4 radical (unpaired) electrons. The molecule has 0 aliphatic carbocycles. The van der Waals surface area contributed by atoms with Crippen molar-refractivity contribution in [2.45, 2.75) is 89.1 Å². The van der Waals surface area contributed by atoms with Gasteiger partial charge in [-0.15, -0.1) is 263 Å². The second kappa shape index (κ2) is 55.9. The van der Waals surface area contributed by atoms with E-state index in [0.717, 1.165) is 152 Å². The first-order valence-electron chi connectivity index (χ1n) is 51.5. The Morgan fingerprint density at radius 2 is 0.474 bits per heavy atom. The molecule has 0 atom stereocenters. The van der Waals surface area contributed by atoms with Crippen LogP contribution in [0.2, 0.25) is 0 Å². The maximum absolute atomic E-state index is 7.49. The Bertz CT molecular complexity index is 7400. The molecule has 0 N–H and O–H groups in total. The molecule has 16 heteroatoms. The van der Waals surface area contributed by atoms with E-state index in [1.807, 2.05) is 255 Å². The van der Waals surface area contributed by atoms with Crippen molar-refractivity contribution in [2.75, 3.05) is 0 Å². The summed E-state index contributed by atoms with van der Waals surface area (Å²) in [6, 6.07) is 123. The van der Waals surface area contributed by atoms with Gasteiger partial charge in [-0.2, -0.15) is 0 Å². The summed E-state index contributed by atoms with van der Waals surface area (Å²) in [5.74, 6) is 0. The minimum absolute atomic E-state index is 0. The SMILES string of the molecule is CCc1ccnc(-c2[c-]ccc(-c3ccccn3)c2)c1.Cc1ccnc(-c2[c-]ccc(-c3ccccn3)c2)c1.[2H]C([2H])([2H])c1ccc(-c2[c-]ccc(-c3ccccn3)c2)nc1.[2H]C([2H])([2H])c1ccnc(-c2[c-]ccc(-c3ccccn3)c2)c1.[2H]C([2H])([2H])c1cnc(-c2[c-]cccc2)cc1C.[2H]C([2H])([2H])c1cnc(-c2[c-]cccc2)cc1C.[2H]C([2H])([2H])c1cnc(-c2[c-]cccc2)cc1C.[2H]C([2H])([2H])c1cnc(-c2[c-]cccc2)cc1C.[Ir].[Ir].[Ir].[Ir]. The van der Waals surface area contributed by atoms with Crippen LogP contribution in [0.5, 0.6) is 0 Å². The second-order valence-corrected chi connectivity index (χ2v) is 30.0. The summed E-state index contributed by atoms with van der Waals surface area (Å²) >= 11 is 0. The first-order valence-corrected chi connectivity index (χ1v) is 42.5. The molecule has 137 heavy (non-hydrogen) atoms. The molecule has 0 unspecified atom stereocenters. The molecule has 0 fully saturated rings. The third-order valence-electron chi connectivity index (χ3n) is 20.2. The monoisotopic (exact) mass is 2510 g/mol. The van der Waals surface area contributed by atoms with Gasteiger partial charge in [0.05, 0.1) is 22.8 Å². The van der Waals surface area contributed by atoms with Crippen LogP contribution in [0.4, 0.5) is 0 Å². The van der Waals surface area contributed by atoms with Crippen molar-refractivity contribution in [2.24, 2.45) is 0 Å². The molecule has 0 amide bonds. The average Bonchev–Trinajstić information content (AvgIpc) is 0.790. The van der Waals surface area contributed by atoms with Gasteiger partial charge in [-0.05, 0) is 222 Å². The van der Waals surface area contributed by atoms with E-state index in [0.29, 0.717) is 33.6 Å². The second-order valence-electron chi connectivity index (χ2n) is 30.0. The fourth-order valence-corrected chi connectivity index (χ4v) is 12.9. The van der Waals surface area contributed by atoms with Gasteiger partial charge in [0, 0.05) is 179 Å². The van der Waals surface area contributed by atoms with Crippen LogP contribution < -0.4 is 0 Å². The number of benzene rings is 8. The summed E-state index contributed by atoms with van der Waals surface area (Å²) in [6.45, 7) is -1.32. The molecule has 12 nitrogen and oxygen atoms in total. The minimum atomic E-state index is -2.14. The van der Waals surface area contributed by atoms with Gasteiger partial charge in [0.15, 0.2) is 0 Å². The van der Waals surface area contributed by atoms with Gasteiger partial charge in [-0.25, -0.2) is 0 Å². The van der Waals surface area contributed by atoms with Crippen molar-refractivity contribution in [3.63, 3.8) is 0 Å². The van der Waals surface area contributed by atoms with Crippen LogP contribution >= 0.6 is 0 Å². The Kier molecular flexibility index (Phi) is 33.7. The Balaban J connectivity index is 0.000000196. The molecule has 0 saturated heterocycles. The molecular weight excluding hydrogens is 2390 g/mol. The molecule has 20 aromatic rings. The van der Waals surface area contributed by atoms with Crippen molar-refractivity contribution < 1.29 is 105 Å². The van der Waals surface area contributed by atoms with Crippen LogP contribution in [0.15, 0.2) is 390 Å². The summed E-state index contributed by atoms with van der Waals surface area (Å²) in [6.07, 6.45) is 20.4. The van der Waals surface area contributed by atoms with Gasteiger partial charge in [-0.1, -0.05) is 147 Å². The topological polar surface area (TPSA) is 155 Å². The van der Waals surface area contributed by atoms with Crippen LogP contribution in [0.1, 0.15) is 98.4 Å². The first kappa shape index (κ1) is 82.6. The zero-order valence-electron chi connectivity index (χ0n) is 93.4. The van der Waals surface area contributed by atoms with Gasteiger partial charge in [0.2, 0.25) is 0 Å². The van der Waals surface area contributed by atoms with Crippen molar-refractivity contribution in [3.05, 3.63) is 505 Å². The van der Waals surface area contributed by atoms with Gasteiger partial charge in [-0.3, -0.25) is 19.9 Å². The Labute approximate surface area is 887 Å². The van der Waals surface area contributed by atoms with E-state index in [1.54, 1.807) is 94.8 Å². The summed E-state index contributed by atoms with van der Waals surface area (Å²) in [4.78, 5) is 51.5. The quantitative estimate of drug-likeness (QED) is 0.101. The molecular formula is C121H102Ir4N12-8. The molecule has 0 aliphatic heterocycles. The van der Waals surface area contributed by atoms with Crippen molar-refractivity contribution in [3.8, 4) is 135 Å². The van der Waals surface area contributed by atoms with E-state index >= 15 is 0 Å². The normalized spacial score (nSPS) is 12.5. The van der Waals surface area contributed by atoms with E-state index < -0.39 is 41.1 Å². The summed E-state index contributed by atoms with van der Waals surface area (Å²) in [5, 5.41) is 0. The predicted octanol–water partition coefficient (Wildman–Crippen LogP) is 28.6. The van der Waals surface area contributed by atoms with E-state index in [9.17, 15) is 0 Å². The van der Waals surface area contributed by atoms with Gasteiger partial charge < -0.3 is 39.9 Å². The largest absolute Gasteiger partial charge is 0.305 e. The fraction of sp³-hybridized carbons (Fsp3) is 0.107. The van der Waals surface area contributed by atoms with Crippen molar-refractivity contribution >= 4 is 0 Å². The van der Waals surface area contributed by atoms with Crippen LogP contribution in [0, 0.1) is 124 Å². The number of aryl methyl sites for hydroxylation is 12. The van der Waals surface area contributed by atoms with Crippen molar-refractivity contribution in [1.82, 2.24) is 59.8 Å². The number of pyridine rings is 12. The number of hydrogen-bond donors (Lipinski definition) is 0. The minimum Gasteiger partial charge on any atom is -0.305 e. The van der Waals surface area contributed by atoms with Crippen LogP contribution in [-0.4, -0.2) is 59.8 Å². The molecule has 12 heterocycles. The summed E-state index contributed by atoms with van der Waals surface area (Å²) in [5.41, 5.74) is 28.0. The maximum Gasteiger partial charge on any atom is 0.0518 e. The molecule has 8 aromatic carbocycles. The molecule has 20 rings (SSSR count). The number of nitrogens with zero attached hydrogens (tertiary/aromatic N) is 12. The Hall–Kier alpha value is -13.8. The van der Waals surface area contributed by atoms with Crippen LogP contribution in [0.3, 0.4) is 0 Å². The first-order chi connectivity index (χ1) is 72.2. The van der Waals surface area contributed by atoms with E-state index in [4.69, 9.17) is 24.7 Å². The standard InChI is InChI=1S/C18H15N2.3C17H13N2.4C13H12N.4Ir/c1-2-14-9-11-20-18(12-14)16-7-5-6-15(13-16)17-8-3-4-10-19-17;1-13-8-9-17(19-12-13)15-6-4-5-14(11-15)16-7-2-3-10-18-16;2*1-13-8-10-19-17(11-13)15-6-4-5-14(12-15)16-7-2-3-9-18-16;4*1-10-8-13(14-9-11(10)2)12-6-4-3-5-7-12;;;;/h3-6,8-13H,2H2,1H3;3*2-5,7-12H,1H3;4*3-6,8-9H,1-2H3;;;;/q8*-1;;;;/i;2*1D3;;4*2D3;;;;. The third-order valence-corrected chi connectivity index (χ3v) is 20.2. The van der Waals surface area contributed by atoms with Gasteiger partial charge in [0.25, 0.3) is 0 Å². The summed E-state index contributed by atoms with van der Waals surface area (Å²) in [7, 11) is 0. The molecule has 0 spiro atoms. The molecule has 0 saturated carbocycles. The fourth-order valence-electron chi connectivity index (χ4n) is 12.9. The van der Waals surface area contributed by atoms with Gasteiger partial charge >= 0.3 is 0 Å². The number of hydrogen-bond acceptors (Lipinski definition) is 12. The van der Waals surface area contributed by atoms with E-state index in [-0.39, 0.29) is 91.5 Å². The van der Waals surface area contributed by atoms with Crippen LogP contribution in [-0.2, 0) is 86.8 Å². The summed E-state index contributed by atoms with van der Waals surface area (Å²) < 4.78 is 133. The Morgan fingerprint density at radius 3 is 0.752 bits per heavy atom. The van der Waals surface area contributed by atoms with E-state index in [1.165, 1.54) is 54.4 Å². The molecule has 0 aliphatic rings. The number of rotatable bonds is 13. The third kappa shape index (κ3) is 32.7. The van der Waals surface area contributed by atoms with Gasteiger partial charge in [0.1, 0.15) is 0 Å². The number of aromatic nitrogens is 12. The zero-order chi connectivity index (χ0) is 108. The van der Waals surface area contributed by atoms with Crippen molar-refractivity contribution in [1.29, 1.82) is 0 Å². The predicted molar refractivity (Wildman–Crippen MR) is 542 cm³/mol. The smallest absolute Gasteiger partial charge is 0.0518 e.